The smallest absolute Gasteiger partial charge is 0.240 e. The number of nitrogens with zero attached hydrogens (tertiary/aromatic N) is 1. The van der Waals surface area contributed by atoms with Crippen LogP contribution in [-0.2, 0) is 4.79 Å². The van der Waals surface area contributed by atoms with E-state index in [1.165, 1.54) is 5.56 Å². The SMILES string of the molecule is CCCCCC(=O)NN=Cc1ccc(C)cc1. The fourth-order valence-corrected chi connectivity index (χ4v) is 1.42. The zero-order valence-corrected chi connectivity index (χ0v) is 10.6. The van der Waals surface area contributed by atoms with E-state index in [2.05, 4.69) is 17.5 Å². The van der Waals surface area contributed by atoms with Crippen LogP contribution in [0.4, 0.5) is 0 Å². The van der Waals surface area contributed by atoms with E-state index in [4.69, 9.17) is 0 Å². The van der Waals surface area contributed by atoms with Gasteiger partial charge < -0.3 is 0 Å². The second-order valence-electron chi connectivity index (χ2n) is 4.16. The van der Waals surface area contributed by atoms with Crippen LogP contribution in [0.25, 0.3) is 0 Å². The third-order valence-electron chi connectivity index (χ3n) is 2.49. The molecule has 0 unspecified atom stereocenters. The van der Waals surface area contributed by atoms with Gasteiger partial charge in [-0.25, -0.2) is 5.43 Å². The Labute approximate surface area is 103 Å². The number of hydrogen-bond acceptors (Lipinski definition) is 2. The summed E-state index contributed by atoms with van der Waals surface area (Å²) in [5.41, 5.74) is 4.74. The van der Waals surface area contributed by atoms with Gasteiger partial charge in [-0.3, -0.25) is 4.79 Å². The highest BCUT2D eigenvalue weighted by atomic mass is 16.2. The Hall–Kier alpha value is -1.64. The van der Waals surface area contributed by atoms with Crippen molar-refractivity contribution in [1.82, 2.24) is 5.43 Å². The van der Waals surface area contributed by atoms with Crippen LogP contribution in [-0.4, -0.2) is 12.1 Å². The molecule has 0 aliphatic rings. The van der Waals surface area contributed by atoms with E-state index in [1.807, 2.05) is 31.2 Å². The second-order valence-corrected chi connectivity index (χ2v) is 4.16. The Morgan fingerprint density at radius 2 is 2.00 bits per heavy atom. The first-order valence-corrected chi connectivity index (χ1v) is 6.11. The van der Waals surface area contributed by atoms with Gasteiger partial charge in [0, 0.05) is 6.42 Å². The van der Waals surface area contributed by atoms with Crippen molar-refractivity contribution in [3.63, 3.8) is 0 Å². The zero-order valence-electron chi connectivity index (χ0n) is 10.6. The highest BCUT2D eigenvalue weighted by Gasteiger charge is 1.97. The fourth-order valence-electron chi connectivity index (χ4n) is 1.42. The lowest BCUT2D eigenvalue weighted by molar-refractivity contribution is -0.121. The predicted octanol–water partition coefficient (Wildman–Crippen LogP) is 3.03. The molecule has 0 aliphatic heterocycles. The van der Waals surface area contributed by atoms with Gasteiger partial charge in [0.2, 0.25) is 5.91 Å². The van der Waals surface area contributed by atoms with E-state index < -0.39 is 0 Å². The Balaban J connectivity index is 2.29. The highest BCUT2D eigenvalue weighted by Crippen LogP contribution is 2.00. The highest BCUT2D eigenvalue weighted by molar-refractivity contribution is 5.82. The van der Waals surface area contributed by atoms with Gasteiger partial charge in [0.25, 0.3) is 0 Å². The van der Waals surface area contributed by atoms with Gasteiger partial charge in [0.15, 0.2) is 0 Å². The summed E-state index contributed by atoms with van der Waals surface area (Å²) in [6, 6.07) is 7.99. The number of carbonyl (C=O) groups is 1. The molecule has 92 valence electrons. The molecular weight excluding hydrogens is 212 g/mol. The van der Waals surface area contributed by atoms with E-state index in [9.17, 15) is 4.79 Å². The van der Waals surface area contributed by atoms with Gasteiger partial charge in [0.1, 0.15) is 0 Å². The van der Waals surface area contributed by atoms with Gasteiger partial charge in [-0.2, -0.15) is 5.10 Å². The third-order valence-corrected chi connectivity index (χ3v) is 2.49. The minimum absolute atomic E-state index is 0.0122. The van der Waals surface area contributed by atoms with Crippen LogP contribution >= 0.6 is 0 Å². The van der Waals surface area contributed by atoms with Gasteiger partial charge in [0.05, 0.1) is 6.21 Å². The van der Waals surface area contributed by atoms with Crippen molar-refractivity contribution in [2.75, 3.05) is 0 Å². The molecule has 1 N–H and O–H groups in total. The molecule has 3 nitrogen and oxygen atoms in total. The van der Waals surface area contributed by atoms with Crippen molar-refractivity contribution in [2.24, 2.45) is 5.10 Å². The Morgan fingerprint density at radius 1 is 1.29 bits per heavy atom. The van der Waals surface area contributed by atoms with E-state index in [0.29, 0.717) is 6.42 Å². The lowest BCUT2D eigenvalue weighted by Crippen LogP contribution is -2.16. The molecule has 0 aliphatic carbocycles. The number of benzene rings is 1. The molecule has 0 fully saturated rings. The number of carbonyl (C=O) groups excluding carboxylic acids is 1. The molecule has 0 atom stereocenters. The van der Waals surface area contributed by atoms with Crippen LogP contribution in [0.3, 0.4) is 0 Å². The Morgan fingerprint density at radius 3 is 2.65 bits per heavy atom. The van der Waals surface area contributed by atoms with Crippen molar-refractivity contribution in [2.45, 2.75) is 39.5 Å². The molecule has 1 rings (SSSR count). The molecule has 1 aromatic carbocycles. The van der Waals surface area contributed by atoms with Crippen LogP contribution in [0.15, 0.2) is 29.4 Å². The maximum absolute atomic E-state index is 11.3. The molecule has 1 aromatic rings. The lowest BCUT2D eigenvalue weighted by atomic mass is 10.2. The van der Waals surface area contributed by atoms with Crippen molar-refractivity contribution in [1.29, 1.82) is 0 Å². The maximum Gasteiger partial charge on any atom is 0.240 e. The molecule has 0 aromatic heterocycles. The Kier molecular flexibility index (Phi) is 6.00. The van der Waals surface area contributed by atoms with Gasteiger partial charge >= 0.3 is 0 Å². The van der Waals surface area contributed by atoms with Crippen molar-refractivity contribution >= 4 is 12.1 Å². The quantitative estimate of drug-likeness (QED) is 0.457. The number of amides is 1. The second kappa shape index (κ2) is 7.60. The first kappa shape index (κ1) is 13.4. The fraction of sp³-hybridized carbons (Fsp3) is 0.429. The summed E-state index contributed by atoms with van der Waals surface area (Å²) < 4.78 is 0. The summed E-state index contributed by atoms with van der Waals surface area (Å²) >= 11 is 0. The molecule has 0 spiro atoms. The molecule has 0 radical (unpaired) electrons. The summed E-state index contributed by atoms with van der Waals surface area (Å²) in [4.78, 5) is 11.3. The average Bonchev–Trinajstić information content (AvgIpc) is 2.32. The summed E-state index contributed by atoms with van der Waals surface area (Å²) in [7, 11) is 0. The first-order valence-electron chi connectivity index (χ1n) is 6.11. The summed E-state index contributed by atoms with van der Waals surface area (Å²) in [6.45, 7) is 4.16. The maximum atomic E-state index is 11.3. The molecule has 0 heterocycles. The van der Waals surface area contributed by atoms with Crippen molar-refractivity contribution in [3.8, 4) is 0 Å². The molecular formula is C14H20N2O. The van der Waals surface area contributed by atoms with Gasteiger partial charge in [-0.05, 0) is 18.9 Å². The van der Waals surface area contributed by atoms with Crippen molar-refractivity contribution in [3.05, 3.63) is 35.4 Å². The van der Waals surface area contributed by atoms with Crippen molar-refractivity contribution < 1.29 is 4.79 Å². The number of rotatable bonds is 6. The van der Waals surface area contributed by atoms with Gasteiger partial charge in [-0.15, -0.1) is 0 Å². The van der Waals surface area contributed by atoms with Crippen LogP contribution < -0.4 is 5.43 Å². The number of hydrogen-bond donors (Lipinski definition) is 1. The van der Waals surface area contributed by atoms with E-state index in [-0.39, 0.29) is 5.91 Å². The molecule has 17 heavy (non-hydrogen) atoms. The minimum atomic E-state index is -0.0122. The number of hydrazone groups is 1. The van der Waals surface area contributed by atoms with Crippen LogP contribution in [0.5, 0.6) is 0 Å². The standard InChI is InChI=1S/C14H20N2O/c1-3-4-5-6-14(17)16-15-11-13-9-7-12(2)8-10-13/h7-11H,3-6H2,1-2H3,(H,16,17). The van der Waals surface area contributed by atoms with E-state index in [0.717, 1.165) is 24.8 Å². The monoisotopic (exact) mass is 232 g/mol. The average molecular weight is 232 g/mol. The molecule has 0 saturated carbocycles. The largest absolute Gasteiger partial charge is 0.273 e. The lowest BCUT2D eigenvalue weighted by Gasteiger charge is -1.98. The predicted molar refractivity (Wildman–Crippen MR) is 71.1 cm³/mol. The van der Waals surface area contributed by atoms with E-state index >= 15 is 0 Å². The summed E-state index contributed by atoms with van der Waals surface area (Å²) in [5, 5.41) is 3.93. The summed E-state index contributed by atoms with van der Waals surface area (Å²) in [5.74, 6) is -0.0122. The molecule has 0 bridgehead atoms. The third kappa shape index (κ3) is 5.85. The Bertz CT molecular complexity index is 368. The molecule has 3 heteroatoms. The van der Waals surface area contributed by atoms with Crippen LogP contribution in [0.2, 0.25) is 0 Å². The van der Waals surface area contributed by atoms with Gasteiger partial charge in [-0.1, -0.05) is 49.6 Å². The molecule has 1 amide bonds. The number of nitrogens with one attached hydrogen (secondary N) is 1. The van der Waals surface area contributed by atoms with E-state index in [1.54, 1.807) is 6.21 Å². The summed E-state index contributed by atoms with van der Waals surface area (Å²) in [6.07, 6.45) is 5.37. The molecule has 0 saturated heterocycles. The minimum Gasteiger partial charge on any atom is -0.273 e. The van der Waals surface area contributed by atoms with Crippen LogP contribution in [0.1, 0.15) is 43.7 Å². The number of aryl methyl sites for hydroxylation is 1. The number of unbranched alkanes of at least 4 members (excludes halogenated alkanes) is 2. The zero-order chi connectivity index (χ0) is 12.5. The first-order chi connectivity index (χ1) is 8.22. The normalized spacial score (nSPS) is 10.7. The van der Waals surface area contributed by atoms with Crippen LogP contribution in [0, 0.1) is 6.92 Å². The topological polar surface area (TPSA) is 41.5 Å².